The van der Waals surface area contributed by atoms with E-state index in [4.69, 9.17) is 28.9 Å². The molecule has 242 valence electrons. The van der Waals surface area contributed by atoms with Gasteiger partial charge in [0.2, 0.25) is 23.6 Å². The minimum Gasteiger partial charge on any atom is -0.368 e. The summed E-state index contributed by atoms with van der Waals surface area (Å²) in [5.74, 6) is -3.26. The van der Waals surface area contributed by atoms with Crippen molar-refractivity contribution >= 4 is 57.7 Å². The molecular weight excluding hydrogens is 620 g/mol. The molecule has 0 saturated carbocycles. The van der Waals surface area contributed by atoms with Crippen molar-refractivity contribution in [3.05, 3.63) is 69.1 Å². The molecule has 0 spiro atoms. The molecule has 2 unspecified atom stereocenters. The van der Waals surface area contributed by atoms with Gasteiger partial charge in [-0.1, -0.05) is 75.9 Å². The van der Waals surface area contributed by atoms with Crippen molar-refractivity contribution < 1.29 is 23.6 Å². The van der Waals surface area contributed by atoms with Gasteiger partial charge in [-0.15, -0.1) is 0 Å². The van der Waals surface area contributed by atoms with Gasteiger partial charge in [0.15, 0.2) is 0 Å². The Morgan fingerprint density at radius 1 is 1.02 bits per heavy atom. The lowest BCUT2D eigenvalue weighted by Crippen LogP contribution is -2.67. The molecule has 2 aromatic carbocycles. The first-order valence-electron chi connectivity index (χ1n) is 15.2. The van der Waals surface area contributed by atoms with Crippen molar-refractivity contribution in [2.24, 2.45) is 17.6 Å². The Morgan fingerprint density at radius 2 is 1.71 bits per heavy atom. The maximum atomic E-state index is 14.2. The number of benzene rings is 2. The summed E-state index contributed by atoms with van der Waals surface area (Å²) in [5.41, 5.74) is 6.97. The topological polar surface area (TPSA) is 146 Å². The first-order valence-corrected chi connectivity index (χ1v) is 16.0. The van der Waals surface area contributed by atoms with Gasteiger partial charge in [0.1, 0.15) is 23.4 Å². The van der Waals surface area contributed by atoms with Crippen molar-refractivity contribution in [1.82, 2.24) is 20.9 Å². The molecule has 12 heteroatoms. The largest absolute Gasteiger partial charge is 0.368 e. The van der Waals surface area contributed by atoms with Crippen molar-refractivity contribution in [1.29, 1.82) is 0 Å². The van der Waals surface area contributed by atoms with Gasteiger partial charge in [-0.2, -0.15) is 0 Å². The van der Waals surface area contributed by atoms with Crippen LogP contribution < -0.4 is 21.7 Å². The first-order chi connectivity index (χ1) is 21.3. The number of hydrogen-bond acceptors (Lipinski definition) is 4. The molecule has 4 amide bonds. The molecule has 1 aliphatic carbocycles. The van der Waals surface area contributed by atoms with Crippen molar-refractivity contribution in [3.8, 4) is 0 Å². The Morgan fingerprint density at radius 3 is 2.36 bits per heavy atom. The number of carbonyl (C=O) groups is 4. The number of primary amides is 1. The lowest BCUT2D eigenvalue weighted by atomic mass is 9.78. The third kappa shape index (κ3) is 7.61. The zero-order chi connectivity index (χ0) is 33.1. The van der Waals surface area contributed by atoms with Crippen molar-refractivity contribution in [2.45, 2.75) is 83.8 Å². The van der Waals surface area contributed by atoms with E-state index in [1.807, 2.05) is 27.7 Å². The second-order valence-corrected chi connectivity index (χ2v) is 13.0. The van der Waals surface area contributed by atoms with E-state index >= 15 is 0 Å². The van der Waals surface area contributed by atoms with Crippen LogP contribution in [0.5, 0.6) is 0 Å². The van der Waals surface area contributed by atoms with Crippen LogP contribution in [0.4, 0.5) is 4.39 Å². The number of amides is 4. The SMILES string of the molecule is CCC(C)[C@H](NC(=O)[C@@]1(NC(=O)[C@@H](NC(=O)Cc2cccc(F)c2)C(C)CC)CCc2[nH]c3c(Cl)cc(Cl)cc3c2C1)C(N)=O. The monoisotopic (exact) mass is 659 g/mol. The third-order valence-corrected chi connectivity index (χ3v) is 9.49. The van der Waals surface area contributed by atoms with Crippen LogP contribution >= 0.6 is 23.2 Å². The van der Waals surface area contributed by atoms with Crippen LogP contribution in [0, 0.1) is 17.7 Å². The maximum Gasteiger partial charge on any atom is 0.246 e. The van der Waals surface area contributed by atoms with Gasteiger partial charge in [-0.3, -0.25) is 19.2 Å². The Labute approximate surface area is 272 Å². The molecular formula is C33H40Cl2FN5O4. The van der Waals surface area contributed by atoms with Crippen LogP contribution in [0.15, 0.2) is 36.4 Å². The number of aromatic amines is 1. The van der Waals surface area contributed by atoms with Crippen LogP contribution in [0.2, 0.25) is 10.0 Å². The van der Waals surface area contributed by atoms with Crippen LogP contribution in [-0.4, -0.2) is 46.2 Å². The molecule has 0 bridgehead atoms. The average Bonchev–Trinajstić information content (AvgIpc) is 3.35. The molecule has 4 rings (SSSR count). The van der Waals surface area contributed by atoms with Gasteiger partial charge in [-0.25, -0.2) is 4.39 Å². The average molecular weight is 661 g/mol. The van der Waals surface area contributed by atoms with Gasteiger partial charge in [0.25, 0.3) is 0 Å². The quantitative estimate of drug-likeness (QED) is 0.191. The van der Waals surface area contributed by atoms with Gasteiger partial charge < -0.3 is 26.7 Å². The standard InChI is InChI=1S/C33H40Cl2FN5O4/c1-5-17(3)27(30(37)43)40-32(45)33(11-10-25-23(16-33)22-14-20(34)15-24(35)29(22)38-25)41-31(44)28(18(4)6-2)39-26(42)13-19-8-7-9-21(36)12-19/h7-9,12,14-15,17-18,27-28,38H,5-6,10-11,13,16H2,1-4H3,(H2,37,43)(H,39,42)(H,40,45)(H,41,44)/t17?,18?,27-,28-,33+/m0/s1. The number of H-pyrrole nitrogens is 1. The summed E-state index contributed by atoms with van der Waals surface area (Å²) in [5, 5.41) is 10.2. The van der Waals surface area contributed by atoms with Gasteiger partial charge in [0, 0.05) is 22.5 Å². The first kappa shape index (κ1) is 34.2. The molecule has 1 aliphatic rings. The maximum absolute atomic E-state index is 14.2. The molecule has 0 aliphatic heterocycles. The highest BCUT2D eigenvalue weighted by Crippen LogP contribution is 2.38. The van der Waals surface area contributed by atoms with Crippen molar-refractivity contribution in [2.75, 3.05) is 0 Å². The number of halogens is 3. The Kier molecular flexibility index (Phi) is 10.8. The second kappa shape index (κ2) is 14.2. The van der Waals surface area contributed by atoms with Crippen LogP contribution in [0.1, 0.15) is 63.8 Å². The van der Waals surface area contributed by atoms with E-state index in [-0.39, 0.29) is 31.1 Å². The second-order valence-electron chi connectivity index (χ2n) is 12.1. The Hall–Kier alpha value is -3.63. The molecule has 5 atom stereocenters. The molecule has 9 nitrogen and oxygen atoms in total. The minimum atomic E-state index is -1.49. The molecule has 0 fully saturated rings. The predicted octanol–water partition coefficient (Wildman–Crippen LogP) is 4.75. The van der Waals surface area contributed by atoms with Crippen LogP contribution in [0.3, 0.4) is 0 Å². The van der Waals surface area contributed by atoms with Gasteiger partial charge in [0.05, 0.1) is 17.0 Å². The number of rotatable bonds is 12. The third-order valence-electron chi connectivity index (χ3n) is 8.97. The van der Waals surface area contributed by atoms with E-state index in [2.05, 4.69) is 20.9 Å². The molecule has 1 heterocycles. The minimum absolute atomic E-state index is 0.0764. The number of aryl methyl sites for hydroxylation is 1. The Balaban J connectivity index is 1.70. The number of nitrogens with one attached hydrogen (secondary N) is 4. The number of aromatic nitrogens is 1. The zero-order valence-corrected chi connectivity index (χ0v) is 27.4. The molecule has 3 aromatic rings. The molecule has 6 N–H and O–H groups in total. The molecule has 45 heavy (non-hydrogen) atoms. The van der Waals surface area contributed by atoms with E-state index in [1.165, 1.54) is 18.2 Å². The molecule has 1 aromatic heterocycles. The number of fused-ring (bicyclic) bond motifs is 3. The summed E-state index contributed by atoms with van der Waals surface area (Å²) in [6.45, 7) is 7.42. The summed E-state index contributed by atoms with van der Waals surface area (Å²) in [6, 6.07) is 7.14. The van der Waals surface area contributed by atoms with Gasteiger partial charge in [-0.05, 0) is 60.1 Å². The smallest absolute Gasteiger partial charge is 0.246 e. The summed E-state index contributed by atoms with van der Waals surface area (Å²) in [6.07, 6.45) is 1.68. The highest BCUT2D eigenvalue weighted by molar-refractivity contribution is 6.38. The van der Waals surface area contributed by atoms with E-state index < -0.39 is 47.1 Å². The van der Waals surface area contributed by atoms with E-state index in [9.17, 15) is 23.6 Å². The highest BCUT2D eigenvalue weighted by atomic mass is 35.5. The molecule has 0 radical (unpaired) electrons. The lowest BCUT2D eigenvalue weighted by molar-refractivity contribution is -0.138. The predicted molar refractivity (Wildman–Crippen MR) is 173 cm³/mol. The number of carbonyl (C=O) groups excluding carboxylic acids is 4. The fourth-order valence-electron chi connectivity index (χ4n) is 5.91. The summed E-state index contributed by atoms with van der Waals surface area (Å²) < 4.78 is 13.7. The Bertz CT molecular complexity index is 1610. The number of hydrogen-bond donors (Lipinski definition) is 5. The molecule has 0 saturated heterocycles. The van der Waals surface area contributed by atoms with Gasteiger partial charge >= 0.3 is 0 Å². The number of nitrogens with two attached hydrogens (primary N) is 1. The summed E-state index contributed by atoms with van der Waals surface area (Å²) in [4.78, 5) is 57.1. The summed E-state index contributed by atoms with van der Waals surface area (Å²) in [7, 11) is 0. The van der Waals surface area contributed by atoms with E-state index in [0.717, 1.165) is 16.6 Å². The van der Waals surface area contributed by atoms with E-state index in [0.29, 0.717) is 40.4 Å². The van der Waals surface area contributed by atoms with Crippen LogP contribution in [0.25, 0.3) is 10.9 Å². The van der Waals surface area contributed by atoms with Crippen molar-refractivity contribution in [3.63, 3.8) is 0 Å². The zero-order valence-electron chi connectivity index (χ0n) is 25.9. The lowest BCUT2D eigenvalue weighted by Gasteiger charge is -2.39. The fraction of sp³-hybridized carbons (Fsp3) is 0.455. The van der Waals surface area contributed by atoms with Crippen LogP contribution in [-0.2, 0) is 38.4 Å². The normalized spacial score (nSPS) is 18.7. The fourth-order valence-corrected chi connectivity index (χ4v) is 6.45. The highest BCUT2D eigenvalue weighted by Gasteiger charge is 2.46. The van der Waals surface area contributed by atoms with E-state index in [1.54, 1.807) is 18.2 Å². The summed E-state index contributed by atoms with van der Waals surface area (Å²) >= 11 is 12.8.